The van der Waals surface area contributed by atoms with Gasteiger partial charge in [0.1, 0.15) is 11.5 Å². The van der Waals surface area contributed by atoms with Gasteiger partial charge in [0.25, 0.3) is 0 Å². The molecular formula is C21H29FN2OS. The Labute approximate surface area is 161 Å². The molecule has 3 nitrogen and oxygen atoms in total. The SMILES string of the molecule is O[C@]12CCCC[C@@H]1C1(CCCCC1)NC(=S)N2CCc1ccccc1F. The van der Waals surface area contributed by atoms with Gasteiger partial charge in [-0.15, -0.1) is 0 Å². The first-order chi connectivity index (χ1) is 12.6. The Hall–Kier alpha value is -1.20. The van der Waals surface area contributed by atoms with Crippen LogP contribution in [0.4, 0.5) is 4.39 Å². The average molecular weight is 377 g/mol. The normalized spacial score (nSPS) is 30.8. The lowest BCUT2D eigenvalue weighted by atomic mass is 9.62. The summed E-state index contributed by atoms with van der Waals surface area (Å²) >= 11 is 5.73. The molecule has 3 fully saturated rings. The molecule has 1 aliphatic heterocycles. The minimum absolute atomic E-state index is 0.0427. The lowest BCUT2D eigenvalue weighted by molar-refractivity contribution is -0.181. The Morgan fingerprint density at radius 2 is 1.85 bits per heavy atom. The number of rotatable bonds is 3. The maximum atomic E-state index is 14.0. The van der Waals surface area contributed by atoms with E-state index in [1.807, 2.05) is 17.0 Å². The zero-order chi connectivity index (χ0) is 18.2. The summed E-state index contributed by atoms with van der Waals surface area (Å²) in [4.78, 5) is 1.97. The number of fused-ring (bicyclic) bond motifs is 2. The van der Waals surface area contributed by atoms with Crippen LogP contribution in [-0.4, -0.2) is 32.9 Å². The molecule has 1 aromatic carbocycles. The Morgan fingerprint density at radius 3 is 2.62 bits per heavy atom. The second-order valence-corrected chi connectivity index (χ2v) is 8.70. The Balaban J connectivity index is 1.59. The predicted molar refractivity (Wildman–Crippen MR) is 105 cm³/mol. The molecule has 1 heterocycles. The third-order valence-electron chi connectivity index (χ3n) is 6.89. The summed E-state index contributed by atoms with van der Waals surface area (Å²) in [6.45, 7) is 0.551. The van der Waals surface area contributed by atoms with Crippen LogP contribution in [-0.2, 0) is 6.42 Å². The number of benzene rings is 1. The van der Waals surface area contributed by atoms with Crippen molar-refractivity contribution in [1.82, 2.24) is 10.2 Å². The monoisotopic (exact) mass is 376 g/mol. The molecule has 1 spiro atoms. The van der Waals surface area contributed by atoms with Gasteiger partial charge in [-0.3, -0.25) is 0 Å². The fourth-order valence-electron chi connectivity index (χ4n) is 5.61. The highest BCUT2D eigenvalue weighted by Crippen LogP contribution is 2.50. The maximum Gasteiger partial charge on any atom is 0.171 e. The van der Waals surface area contributed by atoms with E-state index in [-0.39, 0.29) is 17.3 Å². The lowest BCUT2D eigenvalue weighted by Crippen LogP contribution is -2.75. The lowest BCUT2D eigenvalue weighted by Gasteiger charge is -2.61. The molecule has 0 aromatic heterocycles. The van der Waals surface area contributed by atoms with Crippen molar-refractivity contribution in [2.45, 2.75) is 75.5 Å². The molecule has 2 N–H and O–H groups in total. The van der Waals surface area contributed by atoms with Crippen molar-refractivity contribution in [3.05, 3.63) is 35.6 Å². The van der Waals surface area contributed by atoms with Crippen molar-refractivity contribution in [1.29, 1.82) is 0 Å². The van der Waals surface area contributed by atoms with Gasteiger partial charge in [0.2, 0.25) is 0 Å². The highest BCUT2D eigenvalue weighted by atomic mass is 32.1. The molecule has 5 heteroatoms. The van der Waals surface area contributed by atoms with E-state index in [0.717, 1.165) is 32.1 Å². The average Bonchev–Trinajstić information content (AvgIpc) is 2.63. The minimum atomic E-state index is -0.886. The Bertz CT molecular complexity index is 676. The van der Waals surface area contributed by atoms with E-state index < -0.39 is 5.72 Å². The zero-order valence-electron chi connectivity index (χ0n) is 15.3. The topological polar surface area (TPSA) is 35.5 Å². The number of halogens is 1. The summed E-state index contributed by atoms with van der Waals surface area (Å²) < 4.78 is 14.0. The van der Waals surface area contributed by atoms with E-state index in [4.69, 9.17) is 12.2 Å². The molecule has 0 bridgehead atoms. The van der Waals surface area contributed by atoms with Crippen LogP contribution < -0.4 is 5.32 Å². The zero-order valence-corrected chi connectivity index (χ0v) is 16.2. The molecule has 26 heavy (non-hydrogen) atoms. The first kappa shape index (κ1) is 18.2. The van der Waals surface area contributed by atoms with Crippen molar-refractivity contribution in [2.24, 2.45) is 5.92 Å². The van der Waals surface area contributed by atoms with Crippen molar-refractivity contribution < 1.29 is 9.50 Å². The molecule has 0 amide bonds. The van der Waals surface area contributed by atoms with Gasteiger partial charge in [0, 0.05) is 18.0 Å². The number of aliphatic hydroxyl groups is 1. The van der Waals surface area contributed by atoms with Gasteiger partial charge in [-0.1, -0.05) is 43.9 Å². The molecule has 2 aliphatic carbocycles. The fourth-order valence-corrected chi connectivity index (χ4v) is 6.06. The first-order valence-electron chi connectivity index (χ1n) is 10.1. The van der Waals surface area contributed by atoms with Crippen LogP contribution in [0.5, 0.6) is 0 Å². The molecule has 1 saturated heterocycles. The van der Waals surface area contributed by atoms with Gasteiger partial charge in [-0.2, -0.15) is 0 Å². The molecule has 1 aromatic rings. The summed E-state index contributed by atoms with van der Waals surface area (Å²) in [7, 11) is 0. The third-order valence-corrected chi connectivity index (χ3v) is 7.21. The summed E-state index contributed by atoms with van der Waals surface area (Å²) in [5, 5.41) is 16.1. The molecule has 142 valence electrons. The standard InChI is InChI=1S/C21H29FN2OS/c22-17-9-3-2-8-16(17)11-15-24-19(26)23-20(12-5-1-6-13-20)18-10-4-7-14-21(18,24)25/h2-3,8-9,18,25H,1,4-7,10-15H2,(H,23,26)/t18-,21-/m1/s1. The largest absolute Gasteiger partial charge is 0.370 e. The van der Waals surface area contributed by atoms with Crippen molar-refractivity contribution >= 4 is 17.3 Å². The van der Waals surface area contributed by atoms with Crippen LogP contribution in [0.1, 0.15) is 63.4 Å². The van der Waals surface area contributed by atoms with Gasteiger partial charge < -0.3 is 15.3 Å². The highest BCUT2D eigenvalue weighted by molar-refractivity contribution is 7.80. The quantitative estimate of drug-likeness (QED) is 0.777. The number of hydrogen-bond donors (Lipinski definition) is 2. The molecule has 4 rings (SSSR count). The molecular weight excluding hydrogens is 347 g/mol. The molecule has 2 saturated carbocycles. The van der Waals surface area contributed by atoms with Crippen molar-refractivity contribution in [3.8, 4) is 0 Å². The number of nitrogens with zero attached hydrogens (tertiary/aromatic N) is 1. The third kappa shape index (κ3) is 3.03. The number of hydrogen-bond acceptors (Lipinski definition) is 2. The predicted octanol–water partition coefficient (Wildman–Crippen LogP) is 4.14. The van der Waals surface area contributed by atoms with Gasteiger partial charge in [-0.05, 0) is 62.4 Å². The van der Waals surface area contributed by atoms with Gasteiger partial charge in [0.05, 0.1) is 0 Å². The van der Waals surface area contributed by atoms with Gasteiger partial charge >= 0.3 is 0 Å². The van der Waals surface area contributed by atoms with E-state index in [1.54, 1.807) is 6.07 Å². The van der Waals surface area contributed by atoms with E-state index in [9.17, 15) is 9.50 Å². The Morgan fingerprint density at radius 1 is 1.12 bits per heavy atom. The van der Waals surface area contributed by atoms with E-state index in [2.05, 4.69) is 5.32 Å². The number of thiocarbonyl (C=S) groups is 1. The van der Waals surface area contributed by atoms with Crippen molar-refractivity contribution in [2.75, 3.05) is 6.54 Å². The van der Waals surface area contributed by atoms with Crippen LogP contribution in [0.3, 0.4) is 0 Å². The van der Waals surface area contributed by atoms with Crippen molar-refractivity contribution in [3.63, 3.8) is 0 Å². The first-order valence-corrected chi connectivity index (χ1v) is 10.5. The summed E-state index contributed by atoms with van der Waals surface area (Å²) in [5.41, 5.74) is -0.244. The fraction of sp³-hybridized carbons (Fsp3) is 0.667. The molecule has 3 aliphatic rings. The Kier molecular flexibility index (Phi) is 4.95. The second-order valence-electron chi connectivity index (χ2n) is 8.32. The maximum absolute atomic E-state index is 14.0. The summed E-state index contributed by atoms with van der Waals surface area (Å²) in [6.07, 6.45) is 10.4. The van der Waals surface area contributed by atoms with Crippen LogP contribution in [0, 0.1) is 11.7 Å². The van der Waals surface area contributed by atoms with Crippen LogP contribution in [0.25, 0.3) is 0 Å². The molecule has 0 radical (unpaired) electrons. The summed E-state index contributed by atoms with van der Waals surface area (Å²) in [5.74, 6) is 0.0238. The molecule has 2 atom stereocenters. The smallest absolute Gasteiger partial charge is 0.171 e. The molecule has 0 unspecified atom stereocenters. The minimum Gasteiger partial charge on any atom is -0.370 e. The van der Waals surface area contributed by atoms with E-state index in [1.165, 1.54) is 31.7 Å². The van der Waals surface area contributed by atoms with E-state index in [0.29, 0.717) is 23.6 Å². The van der Waals surface area contributed by atoms with Gasteiger partial charge in [-0.25, -0.2) is 4.39 Å². The van der Waals surface area contributed by atoms with Crippen LogP contribution in [0.15, 0.2) is 24.3 Å². The van der Waals surface area contributed by atoms with E-state index >= 15 is 0 Å². The summed E-state index contributed by atoms with van der Waals surface area (Å²) in [6, 6.07) is 6.89. The van der Waals surface area contributed by atoms with Crippen LogP contribution in [0.2, 0.25) is 0 Å². The number of nitrogens with one attached hydrogen (secondary N) is 1. The van der Waals surface area contributed by atoms with Gasteiger partial charge in [0.15, 0.2) is 5.11 Å². The highest BCUT2D eigenvalue weighted by Gasteiger charge is 2.58. The van der Waals surface area contributed by atoms with Crippen LogP contribution >= 0.6 is 12.2 Å². The second kappa shape index (κ2) is 7.08.